The minimum Gasteiger partial charge on any atom is -0.370 e. The Kier molecular flexibility index (Phi) is 3.86. The van der Waals surface area contributed by atoms with E-state index in [9.17, 15) is 4.79 Å². The molecule has 0 spiro atoms. The molecule has 0 aromatic carbocycles. The third kappa shape index (κ3) is 2.69. The van der Waals surface area contributed by atoms with Crippen LogP contribution in [0.1, 0.15) is 57.5 Å². The molecule has 4 heterocycles. The zero-order chi connectivity index (χ0) is 16.8. The van der Waals surface area contributed by atoms with Crippen LogP contribution >= 0.6 is 11.3 Å². The van der Waals surface area contributed by atoms with Gasteiger partial charge in [-0.2, -0.15) is 0 Å². The van der Waals surface area contributed by atoms with Gasteiger partial charge in [-0.3, -0.25) is 4.79 Å². The van der Waals surface area contributed by atoms with Crippen molar-refractivity contribution < 1.29 is 9.53 Å². The average Bonchev–Trinajstić information content (AvgIpc) is 3.23. The number of carbonyl (C=O) groups is 1. The molecule has 25 heavy (non-hydrogen) atoms. The highest BCUT2D eigenvalue weighted by atomic mass is 32.1. The Morgan fingerprint density at radius 3 is 3.16 bits per heavy atom. The van der Waals surface area contributed by atoms with Crippen LogP contribution in [-0.2, 0) is 24.2 Å². The lowest BCUT2D eigenvalue weighted by Crippen LogP contribution is -2.49. The van der Waals surface area contributed by atoms with Crippen LogP contribution < -0.4 is 0 Å². The zero-order valence-electron chi connectivity index (χ0n) is 14.2. The van der Waals surface area contributed by atoms with Crippen LogP contribution in [0.3, 0.4) is 0 Å². The summed E-state index contributed by atoms with van der Waals surface area (Å²) in [5.41, 5.74) is 2.40. The SMILES string of the molecule is O=C(c1cc2c(s1)CCCCC2)N1CCC2OCc3cnnn3C2C1. The lowest BCUT2D eigenvalue weighted by atomic mass is 10.00. The number of thiophene rings is 1. The Bertz CT molecular complexity index is 775. The van der Waals surface area contributed by atoms with Crippen LogP contribution in [0.5, 0.6) is 0 Å². The number of fused-ring (bicyclic) bond motifs is 4. The van der Waals surface area contributed by atoms with E-state index >= 15 is 0 Å². The fourth-order valence-electron chi connectivity index (χ4n) is 4.29. The van der Waals surface area contributed by atoms with E-state index in [4.69, 9.17) is 4.74 Å². The van der Waals surface area contributed by atoms with Crippen molar-refractivity contribution in [3.63, 3.8) is 0 Å². The molecule has 1 saturated heterocycles. The Morgan fingerprint density at radius 1 is 1.28 bits per heavy atom. The number of likely N-dealkylation sites (tertiary alicyclic amines) is 1. The standard InChI is InChI=1S/C18H22N4O2S/c23-18(17-8-12-4-2-1-3-5-16(12)25-17)21-7-6-15-14(10-21)22-13(11-24-15)9-19-20-22/h8-9,14-15H,1-7,10-11H2. The molecular formula is C18H22N4O2S. The van der Waals surface area contributed by atoms with Gasteiger partial charge in [-0.1, -0.05) is 11.6 Å². The molecular weight excluding hydrogens is 336 g/mol. The van der Waals surface area contributed by atoms with Gasteiger partial charge in [-0.25, -0.2) is 4.68 Å². The molecule has 6 nitrogen and oxygen atoms in total. The molecule has 132 valence electrons. The second-order valence-electron chi connectivity index (χ2n) is 7.25. The number of aromatic nitrogens is 3. The van der Waals surface area contributed by atoms with Gasteiger partial charge in [0.25, 0.3) is 5.91 Å². The number of amides is 1. The van der Waals surface area contributed by atoms with E-state index < -0.39 is 0 Å². The van der Waals surface area contributed by atoms with Crippen molar-refractivity contribution in [2.45, 2.75) is 57.3 Å². The van der Waals surface area contributed by atoms with E-state index in [1.54, 1.807) is 17.5 Å². The summed E-state index contributed by atoms with van der Waals surface area (Å²) in [4.78, 5) is 17.4. The van der Waals surface area contributed by atoms with E-state index in [0.717, 1.165) is 36.4 Å². The summed E-state index contributed by atoms with van der Waals surface area (Å²) in [5, 5.41) is 8.23. The third-order valence-electron chi connectivity index (χ3n) is 5.67. The normalized spacial score (nSPS) is 25.7. The Hall–Kier alpha value is -1.73. The largest absolute Gasteiger partial charge is 0.370 e. The summed E-state index contributed by atoms with van der Waals surface area (Å²) >= 11 is 1.71. The summed E-state index contributed by atoms with van der Waals surface area (Å²) in [7, 11) is 0. The van der Waals surface area contributed by atoms with E-state index in [-0.39, 0.29) is 18.1 Å². The molecule has 1 amide bonds. The summed E-state index contributed by atoms with van der Waals surface area (Å²) in [6.07, 6.45) is 8.82. The van der Waals surface area contributed by atoms with Crippen molar-refractivity contribution in [3.8, 4) is 0 Å². The second-order valence-corrected chi connectivity index (χ2v) is 8.38. The first kappa shape index (κ1) is 15.5. The molecule has 1 aliphatic carbocycles. The summed E-state index contributed by atoms with van der Waals surface area (Å²) in [6, 6.07) is 2.24. The number of carbonyl (C=O) groups excluding carboxylic acids is 1. The smallest absolute Gasteiger partial charge is 0.264 e. The second kappa shape index (κ2) is 6.21. The van der Waals surface area contributed by atoms with Gasteiger partial charge in [0.1, 0.15) is 0 Å². The molecule has 2 unspecified atom stereocenters. The summed E-state index contributed by atoms with van der Waals surface area (Å²) in [6.45, 7) is 1.98. The molecule has 2 aliphatic heterocycles. The summed E-state index contributed by atoms with van der Waals surface area (Å²) in [5.74, 6) is 0.170. The van der Waals surface area contributed by atoms with E-state index in [1.807, 2.05) is 9.58 Å². The fraction of sp³-hybridized carbons (Fsp3) is 0.611. The Balaban J connectivity index is 1.37. The number of ether oxygens (including phenoxy) is 1. The number of hydrogen-bond acceptors (Lipinski definition) is 5. The van der Waals surface area contributed by atoms with Gasteiger partial charge in [-0.05, 0) is 43.7 Å². The van der Waals surface area contributed by atoms with Crippen LogP contribution in [0.15, 0.2) is 12.3 Å². The fourth-order valence-corrected chi connectivity index (χ4v) is 5.51. The third-order valence-corrected chi connectivity index (χ3v) is 6.90. The van der Waals surface area contributed by atoms with Crippen LogP contribution in [-0.4, -0.2) is 45.0 Å². The maximum absolute atomic E-state index is 13.1. The molecule has 2 aromatic heterocycles. The maximum Gasteiger partial charge on any atom is 0.264 e. The highest BCUT2D eigenvalue weighted by Gasteiger charge is 2.38. The van der Waals surface area contributed by atoms with Crippen molar-refractivity contribution in [1.82, 2.24) is 19.9 Å². The number of nitrogens with zero attached hydrogens (tertiary/aromatic N) is 4. The quantitative estimate of drug-likeness (QED) is 0.735. The van der Waals surface area contributed by atoms with Crippen molar-refractivity contribution in [2.24, 2.45) is 0 Å². The predicted octanol–water partition coefficient (Wildman–Crippen LogP) is 2.59. The lowest BCUT2D eigenvalue weighted by molar-refractivity contribution is -0.0604. The Labute approximate surface area is 150 Å². The number of piperidine rings is 1. The highest BCUT2D eigenvalue weighted by Crippen LogP contribution is 2.33. The molecule has 0 N–H and O–H groups in total. The molecule has 2 aromatic rings. The molecule has 1 fully saturated rings. The predicted molar refractivity (Wildman–Crippen MR) is 93.7 cm³/mol. The van der Waals surface area contributed by atoms with E-state index in [0.29, 0.717) is 13.2 Å². The maximum atomic E-state index is 13.1. The van der Waals surface area contributed by atoms with E-state index in [1.165, 1.54) is 29.7 Å². The van der Waals surface area contributed by atoms with Gasteiger partial charge in [0, 0.05) is 18.0 Å². The van der Waals surface area contributed by atoms with Gasteiger partial charge in [0.05, 0.1) is 35.5 Å². The minimum atomic E-state index is 0.0849. The van der Waals surface area contributed by atoms with Crippen LogP contribution in [0.2, 0.25) is 0 Å². The van der Waals surface area contributed by atoms with Crippen molar-refractivity contribution in [1.29, 1.82) is 0 Å². The highest BCUT2D eigenvalue weighted by molar-refractivity contribution is 7.14. The van der Waals surface area contributed by atoms with Crippen molar-refractivity contribution in [2.75, 3.05) is 13.1 Å². The van der Waals surface area contributed by atoms with Crippen molar-refractivity contribution >= 4 is 17.2 Å². The van der Waals surface area contributed by atoms with Crippen LogP contribution in [0.4, 0.5) is 0 Å². The van der Waals surface area contributed by atoms with Gasteiger partial charge in [0.15, 0.2) is 0 Å². The Morgan fingerprint density at radius 2 is 2.20 bits per heavy atom. The number of aryl methyl sites for hydroxylation is 2. The van der Waals surface area contributed by atoms with Gasteiger partial charge in [-0.15, -0.1) is 16.4 Å². The first-order chi connectivity index (χ1) is 12.3. The van der Waals surface area contributed by atoms with Crippen molar-refractivity contribution in [3.05, 3.63) is 33.3 Å². The zero-order valence-corrected chi connectivity index (χ0v) is 15.0. The molecule has 0 radical (unpaired) electrons. The monoisotopic (exact) mass is 358 g/mol. The number of hydrogen-bond donors (Lipinski definition) is 0. The summed E-state index contributed by atoms with van der Waals surface area (Å²) < 4.78 is 7.90. The number of rotatable bonds is 1. The lowest BCUT2D eigenvalue weighted by Gasteiger charge is -2.40. The first-order valence-electron chi connectivity index (χ1n) is 9.21. The first-order valence-corrected chi connectivity index (χ1v) is 10.0. The van der Waals surface area contributed by atoms with Gasteiger partial charge >= 0.3 is 0 Å². The molecule has 0 bridgehead atoms. The van der Waals surface area contributed by atoms with Crippen LogP contribution in [0.25, 0.3) is 0 Å². The molecule has 7 heteroatoms. The topological polar surface area (TPSA) is 60.3 Å². The molecule has 0 saturated carbocycles. The van der Waals surface area contributed by atoms with Crippen LogP contribution in [0, 0.1) is 0 Å². The van der Waals surface area contributed by atoms with Gasteiger partial charge < -0.3 is 9.64 Å². The van der Waals surface area contributed by atoms with Gasteiger partial charge in [0.2, 0.25) is 0 Å². The van der Waals surface area contributed by atoms with E-state index in [2.05, 4.69) is 16.4 Å². The average molecular weight is 358 g/mol. The molecule has 5 rings (SSSR count). The molecule has 2 atom stereocenters. The molecule has 3 aliphatic rings. The minimum absolute atomic E-state index is 0.0849.